The van der Waals surface area contributed by atoms with Crippen molar-refractivity contribution in [1.29, 1.82) is 0 Å². The normalized spacial score (nSPS) is 24.4. The molecule has 2 nitrogen and oxygen atoms in total. The quantitative estimate of drug-likeness (QED) is 0.804. The smallest absolute Gasteiger partial charge is 0.216 e. The molecule has 0 aromatic heterocycles. The number of ether oxygens (including phenoxy) is 1. The third kappa shape index (κ3) is 2.14. The lowest BCUT2D eigenvalue weighted by Gasteiger charge is -2.24. The van der Waals surface area contributed by atoms with E-state index in [1.165, 1.54) is 17.3 Å². The Morgan fingerprint density at radius 1 is 1.31 bits per heavy atom. The fourth-order valence-electron chi connectivity index (χ4n) is 1.94. The molecule has 0 amide bonds. The largest absolute Gasteiger partial charge is 0.499 e. The Balaban J connectivity index is 2.21. The van der Waals surface area contributed by atoms with Gasteiger partial charge < -0.3 is 4.74 Å². The molecule has 3 heteroatoms. The molecule has 0 radical (unpaired) electrons. The van der Waals surface area contributed by atoms with Crippen LogP contribution in [0.25, 0.3) is 0 Å². The van der Waals surface area contributed by atoms with Gasteiger partial charge in [-0.05, 0) is 18.9 Å². The number of carbonyl (C=O) groups is 1. The molecular weight excluding hydrogens is 220 g/mol. The van der Waals surface area contributed by atoms with Gasteiger partial charge in [0.15, 0.2) is 0 Å². The van der Waals surface area contributed by atoms with Crippen molar-refractivity contribution in [2.45, 2.75) is 18.1 Å². The number of benzene rings is 1. The predicted molar refractivity (Wildman–Crippen MR) is 66.2 cm³/mol. The molecule has 0 fully saturated rings. The molecule has 1 aromatic carbocycles. The summed E-state index contributed by atoms with van der Waals surface area (Å²) in [6, 6.07) is 10.2. The van der Waals surface area contributed by atoms with Crippen LogP contribution in [0.4, 0.5) is 0 Å². The van der Waals surface area contributed by atoms with Gasteiger partial charge in [0.1, 0.15) is 5.76 Å². The lowest BCUT2D eigenvalue weighted by molar-refractivity contribution is -0.107. The first-order chi connectivity index (χ1) is 7.64. The van der Waals surface area contributed by atoms with E-state index >= 15 is 0 Å². The molecule has 1 aliphatic heterocycles. The Morgan fingerprint density at radius 2 is 2.00 bits per heavy atom. The van der Waals surface area contributed by atoms with Crippen molar-refractivity contribution >= 4 is 16.9 Å². The molecular formula is C13H14O2S. The molecule has 0 spiro atoms. The molecule has 2 rings (SSSR count). The number of thioether (sulfide) groups is 1. The maximum Gasteiger partial charge on any atom is 0.216 e. The van der Waals surface area contributed by atoms with E-state index in [9.17, 15) is 4.79 Å². The average molecular weight is 234 g/mol. The topological polar surface area (TPSA) is 26.3 Å². The zero-order valence-electron chi connectivity index (χ0n) is 9.40. The van der Waals surface area contributed by atoms with Gasteiger partial charge in [0, 0.05) is 6.08 Å². The first-order valence-corrected chi connectivity index (χ1v) is 5.99. The number of hydrogen-bond donors (Lipinski definition) is 0. The van der Waals surface area contributed by atoms with Gasteiger partial charge in [-0.15, -0.1) is 0 Å². The summed E-state index contributed by atoms with van der Waals surface area (Å²) in [5, 5.41) is 0.0790. The van der Waals surface area contributed by atoms with Crippen LogP contribution in [-0.4, -0.2) is 17.0 Å². The molecule has 1 atom stereocenters. The van der Waals surface area contributed by atoms with Crippen LogP contribution in [0, 0.1) is 0 Å². The molecule has 1 heterocycles. The van der Waals surface area contributed by atoms with Crippen molar-refractivity contribution in [3.63, 3.8) is 0 Å². The van der Waals surface area contributed by atoms with Gasteiger partial charge in [-0.25, -0.2) is 0 Å². The van der Waals surface area contributed by atoms with E-state index < -0.39 is 0 Å². The summed E-state index contributed by atoms with van der Waals surface area (Å²) in [5.74, 6) is 0.770. The second kappa shape index (κ2) is 4.34. The lowest BCUT2D eigenvalue weighted by Crippen LogP contribution is -2.24. The Morgan fingerprint density at radius 3 is 2.62 bits per heavy atom. The molecule has 0 aliphatic carbocycles. The molecule has 0 bridgehead atoms. The Hall–Kier alpha value is -1.22. The molecule has 84 valence electrons. The van der Waals surface area contributed by atoms with E-state index in [-0.39, 0.29) is 9.86 Å². The van der Waals surface area contributed by atoms with Crippen molar-refractivity contribution in [3.05, 3.63) is 47.7 Å². The zero-order chi connectivity index (χ0) is 11.6. The average Bonchev–Trinajstić information content (AvgIpc) is 2.54. The number of carbonyl (C=O) groups excluding carboxylic acids is 1. The van der Waals surface area contributed by atoms with Crippen molar-refractivity contribution < 1.29 is 9.53 Å². The highest BCUT2D eigenvalue weighted by Gasteiger charge is 2.39. The Bertz CT molecular complexity index is 425. The monoisotopic (exact) mass is 234 g/mol. The summed E-state index contributed by atoms with van der Waals surface area (Å²) in [6.07, 6.45) is 2.40. The Kier molecular flexibility index (Phi) is 3.06. The molecule has 16 heavy (non-hydrogen) atoms. The second-order valence-corrected chi connectivity index (χ2v) is 5.53. The summed E-state index contributed by atoms with van der Waals surface area (Å²) in [7, 11) is 1.62. The minimum atomic E-state index is -0.257. The molecule has 1 aromatic rings. The van der Waals surface area contributed by atoms with Gasteiger partial charge >= 0.3 is 0 Å². The van der Waals surface area contributed by atoms with E-state index in [1.807, 2.05) is 25.1 Å². The lowest BCUT2D eigenvalue weighted by atomic mass is 9.98. The number of rotatable bonds is 3. The van der Waals surface area contributed by atoms with Gasteiger partial charge in [0.25, 0.3) is 0 Å². The van der Waals surface area contributed by atoms with Gasteiger partial charge in [-0.2, -0.15) is 0 Å². The molecule has 0 N–H and O–H groups in total. The van der Waals surface area contributed by atoms with Crippen molar-refractivity contribution in [2.24, 2.45) is 0 Å². The summed E-state index contributed by atoms with van der Waals surface area (Å²) in [6.45, 7) is 2.05. The van der Waals surface area contributed by atoms with E-state index in [4.69, 9.17) is 4.74 Å². The van der Waals surface area contributed by atoms with Crippen LogP contribution in [0.1, 0.15) is 12.5 Å². The summed E-state index contributed by atoms with van der Waals surface area (Å²) >= 11 is 1.34. The maximum absolute atomic E-state index is 11.4. The van der Waals surface area contributed by atoms with Crippen LogP contribution in [0.3, 0.4) is 0 Å². The van der Waals surface area contributed by atoms with Crippen LogP contribution in [0.15, 0.2) is 42.2 Å². The van der Waals surface area contributed by atoms with E-state index in [2.05, 4.69) is 12.1 Å². The molecule has 0 saturated carbocycles. The van der Waals surface area contributed by atoms with Gasteiger partial charge in [-0.3, -0.25) is 4.79 Å². The number of hydrogen-bond acceptors (Lipinski definition) is 3. The third-order valence-electron chi connectivity index (χ3n) is 2.70. The zero-order valence-corrected chi connectivity index (χ0v) is 10.2. The van der Waals surface area contributed by atoms with Crippen molar-refractivity contribution in [1.82, 2.24) is 0 Å². The predicted octanol–water partition coefficient (Wildman–Crippen LogP) is 2.79. The van der Waals surface area contributed by atoms with E-state index in [0.29, 0.717) is 0 Å². The fourth-order valence-corrected chi connectivity index (χ4v) is 3.04. The van der Waals surface area contributed by atoms with Crippen molar-refractivity contribution in [3.8, 4) is 0 Å². The number of methoxy groups -OCH3 is 1. The van der Waals surface area contributed by atoms with Crippen molar-refractivity contribution in [2.75, 3.05) is 7.11 Å². The van der Waals surface area contributed by atoms with E-state index in [1.54, 1.807) is 13.2 Å². The third-order valence-corrected chi connectivity index (χ3v) is 3.82. The standard InChI is InChI=1S/C13H14O2S/c1-13(9-10-6-4-3-5-7-10)11(15-2)8-12(14)16-13/h3-8H,9H2,1-2H3/t13-/m1/s1. The SMILES string of the molecule is COC1=CC(=O)S[C@]1(C)Cc1ccccc1. The highest BCUT2D eigenvalue weighted by Crippen LogP contribution is 2.42. The summed E-state index contributed by atoms with van der Waals surface area (Å²) in [5.41, 5.74) is 1.22. The van der Waals surface area contributed by atoms with Gasteiger partial charge in [0.2, 0.25) is 5.12 Å². The molecule has 0 unspecified atom stereocenters. The van der Waals surface area contributed by atoms with Crippen LogP contribution in [0.2, 0.25) is 0 Å². The van der Waals surface area contributed by atoms with Gasteiger partial charge in [-0.1, -0.05) is 42.1 Å². The van der Waals surface area contributed by atoms with Crippen LogP contribution < -0.4 is 0 Å². The minimum Gasteiger partial charge on any atom is -0.499 e. The summed E-state index contributed by atoms with van der Waals surface area (Å²) in [4.78, 5) is 11.4. The van der Waals surface area contributed by atoms with Crippen LogP contribution >= 0.6 is 11.8 Å². The van der Waals surface area contributed by atoms with Crippen LogP contribution in [-0.2, 0) is 16.0 Å². The first kappa shape index (κ1) is 11.3. The highest BCUT2D eigenvalue weighted by atomic mass is 32.2. The Labute approximate surface area is 99.7 Å². The minimum absolute atomic E-state index is 0.0790. The highest BCUT2D eigenvalue weighted by molar-refractivity contribution is 8.15. The molecule has 1 aliphatic rings. The first-order valence-electron chi connectivity index (χ1n) is 5.17. The fraction of sp³-hybridized carbons (Fsp3) is 0.308. The van der Waals surface area contributed by atoms with Crippen LogP contribution in [0.5, 0.6) is 0 Å². The summed E-state index contributed by atoms with van der Waals surface area (Å²) < 4.78 is 5.03. The van der Waals surface area contributed by atoms with E-state index in [0.717, 1.165) is 12.2 Å². The molecule has 0 saturated heterocycles. The maximum atomic E-state index is 11.4. The second-order valence-electron chi connectivity index (χ2n) is 4.03. The van der Waals surface area contributed by atoms with Gasteiger partial charge in [0.05, 0.1) is 11.9 Å².